The Balaban J connectivity index is 0.00000392. The first-order chi connectivity index (χ1) is 12.9. The summed E-state index contributed by atoms with van der Waals surface area (Å²) in [4.78, 5) is 18.3. The quantitative estimate of drug-likeness (QED) is 0.283. The van der Waals surface area contributed by atoms with Crippen molar-refractivity contribution in [3.05, 3.63) is 29.8 Å². The highest BCUT2D eigenvalue weighted by molar-refractivity contribution is 14.0. The Morgan fingerprint density at radius 2 is 2.00 bits per heavy atom. The van der Waals surface area contributed by atoms with Crippen molar-refractivity contribution < 1.29 is 13.2 Å². The van der Waals surface area contributed by atoms with Crippen LogP contribution in [0.4, 0.5) is 0 Å². The normalized spacial score (nSPS) is 17.7. The summed E-state index contributed by atoms with van der Waals surface area (Å²) in [5.74, 6) is 0.796. The Bertz CT molecular complexity index is 768. The molecule has 1 saturated heterocycles. The number of carbonyl (C=O) groups is 1. The van der Waals surface area contributed by atoms with Crippen molar-refractivity contribution in [1.29, 1.82) is 0 Å². The van der Waals surface area contributed by atoms with Gasteiger partial charge in [0.05, 0.1) is 11.4 Å². The first-order valence-corrected chi connectivity index (χ1v) is 10.7. The molecule has 0 saturated carbocycles. The van der Waals surface area contributed by atoms with E-state index in [0.717, 1.165) is 44.0 Å². The van der Waals surface area contributed by atoms with E-state index in [1.807, 2.05) is 6.92 Å². The Kier molecular flexibility index (Phi) is 10.2. The lowest BCUT2D eigenvalue weighted by Gasteiger charge is -2.34. The number of sulfonamides is 1. The number of aliphatic imine (C=N–C) groups is 1. The second-order valence-electron chi connectivity index (χ2n) is 6.65. The number of primary amides is 1. The van der Waals surface area contributed by atoms with Gasteiger partial charge in [0.15, 0.2) is 5.96 Å². The molecule has 10 heteroatoms. The maximum Gasteiger partial charge on any atom is 0.240 e. The Labute approximate surface area is 184 Å². The van der Waals surface area contributed by atoms with Gasteiger partial charge in [-0.05, 0) is 50.4 Å². The van der Waals surface area contributed by atoms with Crippen molar-refractivity contribution in [2.75, 3.05) is 26.7 Å². The summed E-state index contributed by atoms with van der Waals surface area (Å²) < 4.78 is 25.9. The minimum atomic E-state index is -3.43. The van der Waals surface area contributed by atoms with Crippen LogP contribution in [0.3, 0.4) is 0 Å². The fourth-order valence-electron chi connectivity index (χ4n) is 3.19. The molecule has 1 fully saturated rings. The van der Waals surface area contributed by atoms with Crippen molar-refractivity contribution in [2.24, 2.45) is 16.6 Å². The number of nitrogens with zero attached hydrogens (tertiary/aromatic N) is 2. The van der Waals surface area contributed by atoms with E-state index in [-0.39, 0.29) is 40.7 Å². The van der Waals surface area contributed by atoms with Crippen LogP contribution < -0.4 is 15.8 Å². The minimum absolute atomic E-state index is 0. The van der Waals surface area contributed by atoms with Crippen LogP contribution >= 0.6 is 24.0 Å². The lowest BCUT2D eigenvalue weighted by atomic mass is 9.95. The molecule has 1 aliphatic heterocycles. The predicted molar refractivity (Wildman–Crippen MR) is 121 cm³/mol. The fraction of sp³-hybridized carbons (Fsp3) is 0.556. The number of halogens is 1. The molecule has 0 aliphatic carbocycles. The number of nitrogens with two attached hydrogens (primary N) is 1. The van der Waals surface area contributed by atoms with Gasteiger partial charge in [0.2, 0.25) is 15.9 Å². The van der Waals surface area contributed by atoms with Gasteiger partial charge in [-0.2, -0.15) is 0 Å². The summed E-state index contributed by atoms with van der Waals surface area (Å²) in [5, 5.41) is 3.30. The minimum Gasteiger partial charge on any atom is -0.370 e. The average molecular weight is 523 g/mol. The summed E-state index contributed by atoms with van der Waals surface area (Å²) in [6.45, 7) is 4.85. The van der Waals surface area contributed by atoms with Crippen LogP contribution in [0.25, 0.3) is 0 Å². The zero-order valence-electron chi connectivity index (χ0n) is 16.3. The predicted octanol–water partition coefficient (Wildman–Crippen LogP) is 1.27. The number of hydrogen-bond donors (Lipinski definition) is 3. The first-order valence-electron chi connectivity index (χ1n) is 9.19. The number of amides is 1. The Morgan fingerprint density at radius 3 is 2.57 bits per heavy atom. The van der Waals surface area contributed by atoms with Crippen molar-refractivity contribution >= 4 is 45.9 Å². The maximum absolute atomic E-state index is 11.8. The van der Waals surface area contributed by atoms with E-state index in [0.29, 0.717) is 13.0 Å². The molecule has 0 bridgehead atoms. The zero-order chi connectivity index (χ0) is 19.9. The molecule has 4 N–H and O–H groups in total. The Hall–Kier alpha value is -1.40. The molecule has 1 amide bonds. The number of hydrogen-bond acceptors (Lipinski definition) is 4. The zero-order valence-corrected chi connectivity index (χ0v) is 19.5. The number of nitrogens with one attached hydrogen (secondary N) is 2. The van der Waals surface area contributed by atoms with Gasteiger partial charge < -0.3 is 16.0 Å². The topological polar surface area (TPSA) is 117 Å². The molecule has 2 rings (SSSR count). The molecule has 28 heavy (non-hydrogen) atoms. The van der Waals surface area contributed by atoms with Gasteiger partial charge in [0.1, 0.15) is 0 Å². The molecule has 1 aromatic carbocycles. The molecule has 1 atom stereocenters. The van der Waals surface area contributed by atoms with Crippen LogP contribution in [0.1, 0.15) is 31.7 Å². The maximum atomic E-state index is 11.8. The van der Waals surface area contributed by atoms with Crippen LogP contribution in [-0.2, 0) is 21.4 Å². The van der Waals surface area contributed by atoms with Gasteiger partial charge >= 0.3 is 0 Å². The second-order valence-corrected chi connectivity index (χ2v) is 8.53. The average Bonchev–Trinajstić information content (AvgIpc) is 2.65. The third-order valence-corrected chi connectivity index (χ3v) is 5.99. The summed E-state index contributed by atoms with van der Waals surface area (Å²) in [6, 6.07) is 6.69. The molecule has 1 aromatic rings. The lowest BCUT2D eigenvalue weighted by Crippen LogP contribution is -2.47. The highest BCUT2D eigenvalue weighted by Crippen LogP contribution is 2.19. The van der Waals surface area contributed by atoms with Crippen molar-refractivity contribution in [3.63, 3.8) is 0 Å². The molecule has 8 nitrogen and oxygen atoms in total. The number of rotatable bonds is 7. The molecule has 0 radical (unpaired) electrons. The SMILES string of the molecule is CCNC(=NCc1ccc(S(=O)(=O)NC)cc1)N1CCCC(CC(N)=O)C1.I. The van der Waals surface area contributed by atoms with Crippen molar-refractivity contribution in [3.8, 4) is 0 Å². The monoisotopic (exact) mass is 523 g/mol. The van der Waals surface area contributed by atoms with Crippen molar-refractivity contribution in [1.82, 2.24) is 14.9 Å². The number of guanidine groups is 1. The van der Waals surface area contributed by atoms with E-state index < -0.39 is 10.0 Å². The molecular weight excluding hydrogens is 493 g/mol. The summed E-state index contributed by atoms with van der Waals surface area (Å²) in [5.41, 5.74) is 6.26. The molecule has 1 aliphatic rings. The summed E-state index contributed by atoms with van der Waals surface area (Å²) >= 11 is 0. The van der Waals surface area contributed by atoms with Crippen LogP contribution in [0.2, 0.25) is 0 Å². The van der Waals surface area contributed by atoms with E-state index >= 15 is 0 Å². The molecule has 1 heterocycles. The van der Waals surface area contributed by atoms with E-state index in [4.69, 9.17) is 5.73 Å². The van der Waals surface area contributed by atoms with Crippen LogP contribution in [-0.4, -0.2) is 51.9 Å². The summed E-state index contributed by atoms with van der Waals surface area (Å²) in [7, 11) is -2.04. The third kappa shape index (κ3) is 7.21. The van der Waals surface area contributed by atoms with Gasteiger partial charge in [-0.1, -0.05) is 12.1 Å². The lowest BCUT2D eigenvalue weighted by molar-refractivity contribution is -0.119. The van der Waals surface area contributed by atoms with Crippen LogP contribution in [0, 0.1) is 5.92 Å². The van der Waals surface area contributed by atoms with Crippen LogP contribution in [0.15, 0.2) is 34.2 Å². The van der Waals surface area contributed by atoms with Crippen LogP contribution in [0.5, 0.6) is 0 Å². The number of piperidine rings is 1. The third-order valence-electron chi connectivity index (χ3n) is 4.56. The first kappa shape index (κ1) is 24.6. The second kappa shape index (κ2) is 11.6. The molecule has 0 spiro atoms. The van der Waals surface area contributed by atoms with E-state index in [9.17, 15) is 13.2 Å². The summed E-state index contributed by atoms with van der Waals surface area (Å²) in [6.07, 6.45) is 2.40. The number of benzene rings is 1. The molecule has 158 valence electrons. The van der Waals surface area contributed by atoms with Gasteiger partial charge in [-0.3, -0.25) is 4.79 Å². The van der Waals surface area contributed by atoms with Gasteiger partial charge in [0, 0.05) is 26.1 Å². The Morgan fingerprint density at radius 1 is 1.32 bits per heavy atom. The fourth-order valence-corrected chi connectivity index (χ4v) is 3.92. The standard InChI is InChI=1S/C18H29N5O3S.HI/c1-3-21-18(23-10-4-5-15(13-23)11-17(19)24)22-12-14-6-8-16(9-7-14)27(25,26)20-2;/h6-9,15,20H,3-5,10-13H2,1-2H3,(H2,19,24)(H,21,22);1H. The van der Waals surface area contributed by atoms with E-state index in [1.54, 1.807) is 24.3 Å². The molecule has 0 aromatic heterocycles. The van der Waals surface area contributed by atoms with E-state index in [1.165, 1.54) is 7.05 Å². The molecular formula is C18H30IN5O3S. The van der Waals surface area contributed by atoms with Crippen molar-refractivity contribution in [2.45, 2.75) is 37.6 Å². The van der Waals surface area contributed by atoms with E-state index in [2.05, 4.69) is 19.9 Å². The number of carbonyl (C=O) groups excluding carboxylic acids is 1. The highest BCUT2D eigenvalue weighted by Gasteiger charge is 2.23. The highest BCUT2D eigenvalue weighted by atomic mass is 127. The smallest absolute Gasteiger partial charge is 0.240 e. The van der Waals surface area contributed by atoms with Gasteiger partial charge in [0.25, 0.3) is 0 Å². The number of likely N-dealkylation sites (tertiary alicyclic amines) is 1. The molecule has 1 unspecified atom stereocenters. The van der Waals surface area contributed by atoms with Gasteiger partial charge in [-0.25, -0.2) is 18.1 Å². The van der Waals surface area contributed by atoms with Gasteiger partial charge in [-0.15, -0.1) is 24.0 Å². The largest absolute Gasteiger partial charge is 0.370 e.